The van der Waals surface area contributed by atoms with Gasteiger partial charge in [-0.05, 0) is 49.8 Å². The fraction of sp³-hybridized carbons (Fsp3) is 0.526. The Morgan fingerprint density at radius 1 is 1.28 bits per heavy atom. The number of pyridine rings is 1. The number of likely N-dealkylation sites (tertiary alicyclic amines) is 1. The van der Waals surface area contributed by atoms with E-state index in [0.717, 1.165) is 67.8 Å². The molecule has 0 aromatic carbocycles. The fourth-order valence-electron chi connectivity index (χ4n) is 3.93. The van der Waals surface area contributed by atoms with Gasteiger partial charge in [0, 0.05) is 38.8 Å². The van der Waals surface area contributed by atoms with Gasteiger partial charge in [0.05, 0.1) is 6.04 Å². The number of fused-ring (bicyclic) bond motifs is 1. The standard InChI is InChI=1S/C19H24N4O2/c1-22(2)17-12-13(9-10-20-17)15-7-5-11-23(15)19(24)18-14-6-3-4-8-16(14)25-21-18/h9-10,12,15H,3-8,11H2,1-2H3. The predicted molar refractivity (Wildman–Crippen MR) is 94.7 cm³/mol. The first-order valence-corrected chi connectivity index (χ1v) is 9.07. The van der Waals surface area contributed by atoms with Crippen molar-refractivity contribution < 1.29 is 9.32 Å². The maximum atomic E-state index is 13.2. The van der Waals surface area contributed by atoms with Gasteiger partial charge in [0.2, 0.25) is 0 Å². The Bertz CT molecular complexity index is 783. The summed E-state index contributed by atoms with van der Waals surface area (Å²) in [6, 6.07) is 4.18. The van der Waals surface area contributed by atoms with Crippen LogP contribution in [0.3, 0.4) is 0 Å². The molecule has 0 radical (unpaired) electrons. The molecule has 0 N–H and O–H groups in total. The molecular weight excluding hydrogens is 316 g/mol. The third-order valence-corrected chi connectivity index (χ3v) is 5.28. The molecule has 2 aliphatic rings. The molecule has 1 aliphatic carbocycles. The Labute approximate surface area is 147 Å². The Kier molecular flexibility index (Phi) is 4.19. The lowest BCUT2D eigenvalue weighted by Gasteiger charge is -2.25. The van der Waals surface area contributed by atoms with Crippen LogP contribution in [0.4, 0.5) is 5.82 Å². The van der Waals surface area contributed by atoms with Gasteiger partial charge in [-0.1, -0.05) is 5.16 Å². The van der Waals surface area contributed by atoms with Crippen molar-refractivity contribution >= 4 is 11.7 Å². The number of nitrogens with zero attached hydrogens (tertiary/aromatic N) is 4. The van der Waals surface area contributed by atoms with E-state index in [1.54, 1.807) is 0 Å². The van der Waals surface area contributed by atoms with Crippen molar-refractivity contribution in [1.29, 1.82) is 0 Å². The average molecular weight is 340 g/mol. The van der Waals surface area contributed by atoms with E-state index in [1.807, 2.05) is 36.2 Å². The highest BCUT2D eigenvalue weighted by molar-refractivity contribution is 5.94. The monoisotopic (exact) mass is 340 g/mol. The average Bonchev–Trinajstić information content (AvgIpc) is 3.28. The molecule has 1 aliphatic heterocycles. The lowest BCUT2D eigenvalue weighted by Crippen LogP contribution is -2.31. The van der Waals surface area contributed by atoms with E-state index in [0.29, 0.717) is 5.69 Å². The maximum Gasteiger partial charge on any atom is 0.276 e. The zero-order valence-electron chi connectivity index (χ0n) is 14.9. The minimum Gasteiger partial charge on any atom is -0.363 e. The number of hydrogen-bond donors (Lipinski definition) is 0. The quantitative estimate of drug-likeness (QED) is 0.859. The summed E-state index contributed by atoms with van der Waals surface area (Å²) in [6.45, 7) is 0.769. The van der Waals surface area contributed by atoms with Gasteiger partial charge >= 0.3 is 0 Å². The van der Waals surface area contributed by atoms with Crippen molar-refractivity contribution in [3.63, 3.8) is 0 Å². The lowest BCUT2D eigenvalue weighted by atomic mass is 9.96. The lowest BCUT2D eigenvalue weighted by molar-refractivity contribution is 0.0724. The molecule has 132 valence electrons. The van der Waals surface area contributed by atoms with Crippen LogP contribution in [-0.4, -0.2) is 41.6 Å². The number of aromatic nitrogens is 2. The smallest absolute Gasteiger partial charge is 0.276 e. The predicted octanol–water partition coefficient (Wildman–Crippen LogP) is 2.99. The SMILES string of the molecule is CN(C)c1cc(C2CCCN2C(=O)c2noc3c2CCCC3)ccn1. The summed E-state index contributed by atoms with van der Waals surface area (Å²) in [5, 5.41) is 4.13. The summed E-state index contributed by atoms with van der Waals surface area (Å²) in [5.74, 6) is 1.83. The Hall–Kier alpha value is -2.37. The first-order valence-electron chi connectivity index (χ1n) is 9.07. The van der Waals surface area contributed by atoms with Crippen LogP contribution in [0.2, 0.25) is 0 Å². The molecule has 6 nitrogen and oxygen atoms in total. The van der Waals surface area contributed by atoms with E-state index in [9.17, 15) is 4.79 Å². The minimum atomic E-state index is 0.0117. The van der Waals surface area contributed by atoms with Gasteiger partial charge in [-0.15, -0.1) is 0 Å². The van der Waals surface area contributed by atoms with Crippen LogP contribution in [0.1, 0.15) is 59.1 Å². The van der Waals surface area contributed by atoms with Crippen LogP contribution < -0.4 is 4.90 Å². The number of hydrogen-bond acceptors (Lipinski definition) is 5. The number of carbonyl (C=O) groups excluding carboxylic acids is 1. The Morgan fingerprint density at radius 2 is 2.12 bits per heavy atom. The maximum absolute atomic E-state index is 13.2. The zero-order valence-corrected chi connectivity index (χ0v) is 14.9. The van der Waals surface area contributed by atoms with Crippen LogP contribution in [0.15, 0.2) is 22.9 Å². The second-order valence-electron chi connectivity index (χ2n) is 7.14. The minimum absolute atomic E-state index is 0.0117. The molecule has 1 unspecified atom stereocenters. The van der Waals surface area contributed by atoms with Gasteiger partial charge in [0.15, 0.2) is 5.69 Å². The molecule has 0 bridgehead atoms. The van der Waals surface area contributed by atoms with E-state index in [2.05, 4.69) is 16.2 Å². The summed E-state index contributed by atoms with van der Waals surface area (Å²) in [6.07, 6.45) is 7.83. The van der Waals surface area contributed by atoms with E-state index in [1.165, 1.54) is 0 Å². The van der Waals surface area contributed by atoms with Gasteiger partial charge in [0.25, 0.3) is 5.91 Å². The van der Waals surface area contributed by atoms with Crippen molar-refractivity contribution in [2.75, 3.05) is 25.5 Å². The van der Waals surface area contributed by atoms with Crippen LogP contribution in [0, 0.1) is 0 Å². The Balaban J connectivity index is 1.62. The van der Waals surface area contributed by atoms with Gasteiger partial charge in [-0.3, -0.25) is 4.79 Å². The van der Waals surface area contributed by atoms with Crippen molar-refractivity contribution in [3.8, 4) is 0 Å². The number of amides is 1. The summed E-state index contributed by atoms with van der Waals surface area (Å²) >= 11 is 0. The molecule has 0 saturated carbocycles. The molecule has 25 heavy (non-hydrogen) atoms. The number of carbonyl (C=O) groups is 1. The van der Waals surface area contributed by atoms with E-state index in [4.69, 9.17) is 4.52 Å². The van der Waals surface area contributed by atoms with Crippen LogP contribution in [0.25, 0.3) is 0 Å². The first kappa shape index (κ1) is 16.1. The van der Waals surface area contributed by atoms with Crippen LogP contribution in [0.5, 0.6) is 0 Å². The molecule has 1 amide bonds. The highest BCUT2D eigenvalue weighted by atomic mass is 16.5. The number of anilines is 1. The molecule has 2 aromatic heterocycles. The highest BCUT2D eigenvalue weighted by Crippen LogP contribution is 2.35. The molecule has 2 aromatic rings. The number of rotatable bonds is 3. The summed E-state index contributed by atoms with van der Waals surface area (Å²) in [7, 11) is 3.96. The largest absolute Gasteiger partial charge is 0.363 e. The van der Waals surface area contributed by atoms with Gasteiger partial charge in [0.1, 0.15) is 11.6 Å². The van der Waals surface area contributed by atoms with Crippen molar-refractivity contribution in [1.82, 2.24) is 15.0 Å². The summed E-state index contributed by atoms with van der Waals surface area (Å²) in [4.78, 5) is 21.5. The van der Waals surface area contributed by atoms with E-state index >= 15 is 0 Å². The number of aryl methyl sites for hydroxylation is 1. The Morgan fingerprint density at radius 3 is 2.96 bits per heavy atom. The van der Waals surface area contributed by atoms with Gasteiger partial charge in [-0.25, -0.2) is 4.98 Å². The third kappa shape index (κ3) is 2.90. The van der Waals surface area contributed by atoms with Crippen molar-refractivity contribution in [2.24, 2.45) is 0 Å². The topological polar surface area (TPSA) is 62.5 Å². The zero-order chi connectivity index (χ0) is 17.4. The second-order valence-corrected chi connectivity index (χ2v) is 7.14. The van der Waals surface area contributed by atoms with E-state index < -0.39 is 0 Å². The molecule has 0 spiro atoms. The summed E-state index contributed by atoms with van der Waals surface area (Å²) in [5.41, 5.74) is 2.70. The second kappa shape index (κ2) is 6.50. The van der Waals surface area contributed by atoms with Gasteiger partial charge in [-0.2, -0.15) is 0 Å². The van der Waals surface area contributed by atoms with Crippen LogP contribution >= 0.6 is 0 Å². The molecular formula is C19H24N4O2. The highest BCUT2D eigenvalue weighted by Gasteiger charge is 2.34. The molecule has 1 fully saturated rings. The van der Waals surface area contributed by atoms with Gasteiger partial charge < -0.3 is 14.3 Å². The molecule has 6 heteroatoms. The fourth-order valence-corrected chi connectivity index (χ4v) is 3.93. The molecule has 4 rings (SSSR count). The normalized spacial score (nSPS) is 19.8. The third-order valence-electron chi connectivity index (χ3n) is 5.28. The van der Waals surface area contributed by atoms with Crippen molar-refractivity contribution in [2.45, 2.75) is 44.6 Å². The first-order chi connectivity index (χ1) is 12.1. The van der Waals surface area contributed by atoms with E-state index in [-0.39, 0.29) is 11.9 Å². The summed E-state index contributed by atoms with van der Waals surface area (Å²) < 4.78 is 5.45. The molecule has 3 heterocycles. The molecule has 1 saturated heterocycles. The van der Waals surface area contributed by atoms with Crippen LogP contribution in [-0.2, 0) is 12.8 Å². The molecule has 1 atom stereocenters. The van der Waals surface area contributed by atoms with Crippen molar-refractivity contribution in [3.05, 3.63) is 40.9 Å².